The summed E-state index contributed by atoms with van der Waals surface area (Å²) in [5.74, 6) is 5.50. The first-order valence-corrected chi connectivity index (χ1v) is 10.3. The van der Waals surface area contributed by atoms with Crippen LogP contribution in [0.25, 0.3) is 10.9 Å². The van der Waals surface area contributed by atoms with Crippen LogP contribution in [0.15, 0.2) is 47.6 Å². The summed E-state index contributed by atoms with van der Waals surface area (Å²) in [6.07, 6.45) is -2.00. The molecule has 29 heavy (non-hydrogen) atoms. The second-order valence-corrected chi connectivity index (χ2v) is 8.29. The van der Waals surface area contributed by atoms with Gasteiger partial charge in [0.25, 0.3) is 0 Å². The van der Waals surface area contributed by atoms with Gasteiger partial charge in [0.1, 0.15) is 6.54 Å². The summed E-state index contributed by atoms with van der Waals surface area (Å²) < 4.78 is 62.8. The van der Waals surface area contributed by atoms with Crippen molar-refractivity contribution < 1.29 is 21.6 Å². The van der Waals surface area contributed by atoms with E-state index in [1.165, 1.54) is 24.4 Å². The molecule has 152 valence electrons. The van der Waals surface area contributed by atoms with E-state index in [-0.39, 0.29) is 17.3 Å². The summed E-state index contributed by atoms with van der Waals surface area (Å²) >= 11 is 0. The summed E-state index contributed by atoms with van der Waals surface area (Å²) in [4.78, 5) is 3.84. The quantitative estimate of drug-likeness (QED) is 0.498. The molecule has 2 heterocycles. The summed E-state index contributed by atoms with van der Waals surface area (Å²) in [5, 5.41) is 3.38. The van der Waals surface area contributed by atoms with E-state index in [9.17, 15) is 21.6 Å². The molecular formula is C19H17F3N4O2S. The molecular weight excluding hydrogens is 405 g/mol. The Morgan fingerprint density at radius 3 is 2.62 bits per heavy atom. The van der Waals surface area contributed by atoms with Crippen LogP contribution in [0.5, 0.6) is 0 Å². The molecule has 3 aromatic rings. The number of pyridine rings is 1. The third-order valence-electron chi connectivity index (χ3n) is 4.03. The fourth-order valence-corrected chi connectivity index (χ4v) is 3.31. The first-order chi connectivity index (χ1) is 13.5. The number of sulfone groups is 1. The first kappa shape index (κ1) is 20.5. The van der Waals surface area contributed by atoms with Crippen molar-refractivity contribution in [2.45, 2.75) is 17.7 Å². The fraction of sp³-hybridized carbons (Fsp3) is 0.211. The maximum absolute atomic E-state index is 13.0. The monoisotopic (exact) mass is 422 g/mol. The lowest BCUT2D eigenvalue weighted by molar-refractivity contribution is -0.140. The summed E-state index contributed by atoms with van der Waals surface area (Å²) in [6, 6.07) is 9.20. The van der Waals surface area contributed by atoms with Crippen molar-refractivity contribution in [1.29, 1.82) is 0 Å². The van der Waals surface area contributed by atoms with Gasteiger partial charge < -0.3 is 15.6 Å². The zero-order chi connectivity index (χ0) is 21.2. The van der Waals surface area contributed by atoms with Crippen LogP contribution in [0, 0.1) is 11.8 Å². The number of anilines is 2. The molecule has 1 aromatic carbocycles. The summed E-state index contributed by atoms with van der Waals surface area (Å²) in [5.41, 5.74) is 7.34. The fourth-order valence-electron chi connectivity index (χ4n) is 2.75. The van der Waals surface area contributed by atoms with Gasteiger partial charge in [-0.1, -0.05) is 12.0 Å². The summed E-state index contributed by atoms with van der Waals surface area (Å²) in [6.45, 7) is -1.04. The van der Waals surface area contributed by atoms with Crippen molar-refractivity contribution in [3.63, 3.8) is 0 Å². The van der Waals surface area contributed by atoms with Gasteiger partial charge in [-0.3, -0.25) is 0 Å². The number of fused-ring (bicyclic) bond motifs is 1. The molecule has 0 unspecified atom stereocenters. The van der Waals surface area contributed by atoms with Crippen LogP contribution >= 0.6 is 0 Å². The van der Waals surface area contributed by atoms with Crippen LogP contribution in [0.1, 0.15) is 5.69 Å². The smallest absolute Gasteiger partial charge is 0.398 e. The number of nitrogens with two attached hydrogens (primary N) is 1. The molecule has 0 saturated carbocycles. The molecule has 0 radical (unpaired) electrons. The molecule has 0 fully saturated rings. The molecule has 0 aliphatic heterocycles. The van der Waals surface area contributed by atoms with E-state index in [4.69, 9.17) is 5.73 Å². The topological polar surface area (TPSA) is 90.0 Å². The molecule has 0 saturated heterocycles. The standard InChI is InChI=1S/C19H17F3N4O2S/c1-29(27,28)18-8-7-13(11-25-18)24-9-3-4-14-10-15-16(23)5-2-6-17(15)26(14)12-19(20,21)22/h2,5-8,10-11,24H,9,12,23H2,1H3. The van der Waals surface area contributed by atoms with Gasteiger partial charge >= 0.3 is 6.18 Å². The Hall–Kier alpha value is -3.19. The molecule has 0 aliphatic rings. The highest BCUT2D eigenvalue weighted by Gasteiger charge is 2.29. The maximum Gasteiger partial charge on any atom is 0.406 e. The predicted molar refractivity (Wildman–Crippen MR) is 105 cm³/mol. The Bertz CT molecular complexity index is 1200. The lowest BCUT2D eigenvalue weighted by Crippen LogP contribution is -2.18. The van der Waals surface area contributed by atoms with Crippen molar-refractivity contribution in [3.8, 4) is 11.8 Å². The highest BCUT2D eigenvalue weighted by molar-refractivity contribution is 7.90. The van der Waals surface area contributed by atoms with E-state index >= 15 is 0 Å². The highest BCUT2D eigenvalue weighted by atomic mass is 32.2. The second kappa shape index (κ2) is 7.67. The van der Waals surface area contributed by atoms with Crippen molar-refractivity contribution >= 4 is 32.1 Å². The minimum Gasteiger partial charge on any atom is -0.398 e. The average Bonchev–Trinajstić information content (AvgIpc) is 2.96. The second-order valence-electron chi connectivity index (χ2n) is 6.32. The van der Waals surface area contributed by atoms with E-state index in [0.29, 0.717) is 22.3 Å². The van der Waals surface area contributed by atoms with Gasteiger partial charge in [-0.05, 0) is 36.3 Å². The van der Waals surface area contributed by atoms with Crippen molar-refractivity contribution in [2.24, 2.45) is 0 Å². The van der Waals surface area contributed by atoms with E-state index in [0.717, 1.165) is 10.8 Å². The maximum atomic E-state index is 13.0. The van der Waals surface area contributed by atoms with Gasteiger partial charge in [-0.15, -0.1) is 0 Å². The number of benzene rings is 1. The SMILES string of the molecule is CS(=O)(=O)c1ccc(NCC#Cc2cc3c(N)cccc3n2CC(F)(F)F)cn1. The minimum atomic E-state index is -4.40. The lowest BCUT2D eigenvalue weighted by atomic mass is 10.2. The summed E-state index contributed by atoms with van der Waals surface area (Å²) in [7, 11) is -3.39. The number of hydrogen-bond donors (Lipinski definition) is 2. The van der Waals surface area contributed by atoms with Gasteiger partial charge in [-0.25, -0.2) is 13.4 Å². The number of aromatic nitrogens is 2. The van der Waals surface area contributed by atoms with Crippen LogP contribution in [0.2, 0.25) is 0 Å². The molecule has 0 aliphatic carbocycles. The van der Waals surface area contributed by atoms with Crippen LogP contribution in [-0.4, -0.2) is 36.9 Å². The molecule has 0 amide bonds. The van der Waals surface area contributed by atoms with Crippen LogP contribution in [-0.2, 0) is 16.4 Å². The van der Waals surface area contributed by atoms with Crippen LogP contribution in [0.3, 0.4) is 0 Å². The zero-order valence-corrected chi connectivity index (χ0v) is 16.1. The van der Waals surface area contributed by atoms with E-state index in [1.54, 1.807) is 18.2 Å². The average molecular weight is 422 g/mol. The van der Waals surface area contributed by atoms with Crippen LogP contribution < -0.4 is 11.1 Å². The molecule has 0 bridgehead atoms. The molecule has 6 nitrogen and oxygen atoms in total. The Morgan fingerprint density at radius 2 is 2.00 bits per heavy atom. The van der Waals surface area contributed by atoms with Gasteiger partial charge in [-0.2, -0.15) is 13.2 Å². The molecule has 2 aromatic heterocycles. The van der Waals surface area contributed by atoms with E-state index < -0.39 is 22.6 Å². The predicted octanol–water partition coefficient (Wildman–Crippen LogP) is 3.05. The molecule has 3 N–H and O–H groups in total. The number of nitrogens with zero attached hydrogens (tertiary/aromatic N) is 2. The molecule has 3 rings (SSSR count). The van der Waals surface area contributed by atoms with Gasteiger partial charge in [0, 0.05) is 17.3 Å². The van der Waals surface area contributed by atoms with Gasteiger partial charge in [0.05, 0.1) is 29.6 Å². The number of hydrogen-bond acceptors (Lipinski definition) is 5. The first-order valence-electron chi connectivity index (χ1n) is 8.38. The van der Waals surface area contributed by atoms with Crippen molar-refractivity contribution in [2.75, 3.05) is 23.9 Å². The highest BCUT2D eigenvalue weighted by Crippen LogP contribution is 2.28. The van der Waals surface area contributed by atoms with Gasteiger partial charge in [0.15, 0.2) is 14.9 Å². The van der Waals surface area contributed by atoms with Gasteiger partial charge in [0.2, 0.25) is 0 Å². The Morgan fingerprint density at radius 1 is 1.24 bits per heavy atom. The third kappa shape index (κ3) is 5.00. The number of alkyl halides is 3. The van der Waals surface area contributed by atoms with Crippen molar-refractivity contribution in [1.82, 2.24) is 9.55 Å². The number of rotatable bonds is 4. The third-order valence-corrected chi connectivity index (χ3v) is 5.03. The Kier molecular flexibility index (Phi) is 5.44. The van der Waals surface area contributed by atoms with Crippen LogP contribution in [0.4, 0.5) is 24.5 Å². The van der Waals surface area contributed by atoms with Crippen molar-refractivity contribution in [3.05, 3.63) is 48.3 Å². The number of halogens is 3. The number of nitrogens with one attached hydrogen (secondary N) is 1. The molecule has 0 atom stereocenters. The largest absolute Gasteiger partial charge is 0.406 e. The molecule has 10 heteroatoms. The minimum absolute atomic E-state index is 0.0524. The Balaban J connectivity index is 1.81. The Labute approximate surface area is 165 Å². The molecule has 0 spiro atoms. The van der Waals surface area contributed by atoms with E-state index in [1.807, 2.05) is 0 Å². The van der Waals surface area contributed by atoms with E-state index in [2.05, 4.69) is 22.1 Å². The lowest BCUT2D eigenvalue weighted by Gasteiger charge is -2.11. The zero-order valence-electron chi connectivity index (χ0n) is 15.3. The number of nitrogen functional groups attached to an aromatic ring is 1. The normalized spacial score (nSPS) is 11.9.